The fraction of sp³-hybridized carbons (Fsp3) is 0.515. The Balaban J connectivity index is 1.40. The first-order valence-electron chi connectivity index (χ1n) is 15.9. The van der Waals surface area contributed by atoms with Gasteiger partial charge in [-0.3, -0.25) is 14.4 Å². The number of nitrogens with two attached hydrogens (primary N) is 1. The first kappa shape index (κ1) is 35.7. The van der Waals surface area contributed by atoms with Crippen molar-refractivity contribution in [2.75, 3.05) is 18.5 Å². The number of hydrogen-bond acceptors (Lipinski definition) is 8. The topological polar surface area (TPSA) is 167 Å². The number of benzene rings is 2. The van der Waals surface area contributed by atoms with Gasteiger partial charge in [0.05, 0.1) is 17.8 Å². The number of halogens is 1. The molecule has 2 aromatic carbocycles. The van der Waals surface area contributed by atoms with E-state index in [2.05, 4.69) is 16.0 Å². The van der Waals surface area contributed by atoms with Crippen molar-refractivity contribution in [3.05, 3.63) is 53.8 Å². The Morgan fingerprint density at radius 3 is 2.26 bits per heavy atom. The number of carbonyl (C=O) groups excluding carboxylic acids is 4. The van der Waals surface area contributed by atoms with E-state index in [1.807, 2.05) is 27.7 Å². The number of amides is 4. The zero-order chi connectivity index (χ0) is 34.4. The summed E-state index contributed by atoms with van der Waals surface area (Å²) < 4.78 is 37.6. The summed E-state index contributed by atoms with van der Waals surface area (Å²) in [7, 11) is -0.806. The van der Waals surface area contributed by atoms with E-state index in [0.29, 0.717) is 42.6 Å². The third-order valence-corrected chi connectivity index (χ3v) is 8.99. The zero-order valence-corrected chi connectivity index (χ0v) is 27.6. The number of anilines is 1. The summed E-state index contributed by atoms with van der Waals surface area (Å²) in [6, 6.07) is 9.41. The molecule has 254 valence electrons. The van der Waals surface area contributed by atoms with Crippen LogP contribution in [0, 0.1) is 11.2 Å². The van der Waals surface area contributed by atoms with Gasteiger partial charge in [0.15, 0.2) is 0 Å². The van der Waals surface area contributed by atoms with E-state index in [9.17, 15) is 23.6 Å². The van der Waals surface area contributed by atoms with Crippen LogP contribution in [0.1, 0.15) is 72.3 Å². The normalized spacial score (nSPS) is 18.0. The number of hydrogen-bond donors (Lipinski definition) is 4. The van der Waals surface area contributed by atoms with Crippen molar-refractivity contribution >= 4 is 42.1 Å². The molecule has 0 aromatic heterocycles. The molecule has 4 rings (SSSR count). The van der Waals surface area contributed by atoms with Crippen molar-refractivity contribution in [2.45, 2.75) is 90.6 Å². The predicted octanol–water partition coefficient (Wildman–Crippen LogP) is 3.31. The summed E-state index contributed by atoms with van der Waals surface area (Å²) in [4.78, 5) is 50.3. The van der Waals surface area contributed by atoms with Crippen LogP contribution in [-0.4, -0.2) is 61.3 Å². The fourth-order valence-electron chi connectivity index (χ4n) is 5.29. The Morgan fingerprint density at radius 2 is 1.68 bits per heavy atom. The van der Waals surface area contributed by atoms with Crippen LogP contribution in [0.3, 0.4) is 0 Å². The molecule has 1 saturated heterocycles. The third-order valence-electron chi connectivity index (χ3n) is 8.99. The molecular weight excluding hydrogens is 610 g/mol. The molecule has 2 aromatic rings. The molecule has 14 heteroatoms. The van der Waals surface area contributed by atoms with E-state index in [4.69, 9.17) is 24.5 Å². The molecule has 47 heavy (non-hydrogen) atoms. The van der Waals surface area contributed by atoms with Crippen LogP contribution in [-0.2, 0) is 35.0 Å². The van der Waals surface area contributed by atoms with E-state index in [1.165, 1.54) is 18.2 Å². The number of ether oxygens (including phenoxy) is 2. The van der Waals surface area contributed by atoms with Gasteiger partial charge in [-0.1, -0.05) is 18.6 Å². The Kier molecular flexibility index (Phi) is 11.2. The minimum absolute atomic E-state index is 0.142. The van der Waals surface area contributed by atoms with Gasteiger partial charge in [0.25, 0.3) is 0 Å². The number of urea groups is 1. The van der Waals surface area contributed by atoms with Gasteiger partial charge in [-0.05, 0) is 96.2 Å². The van der Waals surface area contributed by atoms with Crippen molar-refractivity contribution in [1.82, 2.24) is 10.6 Å². The highest BCUT2D eigenvalue weighted by Crippen LogP contribution is 2.42. The van der Waals surface area contributed by atoms with E-state index in [-0.39, 0.29) is 26.2 Å². The maximum atomic E-state index is 14.2. The lowest BCUT2D eigenvalue weighted by Gasteiger charge is -2.38. The number of carbonyl (C=O) groups is 4. The minimum atomic E-state index is -1.31. The highest BCUT2D eigenvalue weighted by molar-refractivity contribution is 6.63. The molecule has 0 spiro atoms. The smallest absolute Gasteiger partial charge is 0.489 e. The fourth-order valence-corrected chi connectivity index (χ4v) is 5.29. The second-order valence-electron chi connectivity index (χ2n) is 12.9. The Labute approximate surface area is 274 Å². The third kappa shape index (κ3) is 8.41. The van der Waals surface area contributed by atoms with Crippen LogP contribution in [0.5, 0.6) is 5.75 Å². The number of rotatable bonds is 14. The molecule has 1 atom stereocenters. The molecule has 0 bridgehead atoms. The molecule has 1 heterocycles. The maximum absolute atomic E-state index is 14.2. The van der Waals surface area contributed by atoms with Gasteiger partial charge in [0, 0.05) is 17.7 Å². The molecule has 1 saturated carbocycles. The van der Waals surface area contributed by atoms with Crippen LogP contribution in [0.4, 0.5) is 14.9 Å². The zero-order valence-electron chi connectivity index (χ0n) is 27.6. The molecule has 4 amide bonds. The lowest BCUT2D eigenvalue weighted by molar-refractivity contribution is -0.167. The molecule has 2 aliphatic rings. The second kappa shape index (κ2) is 14.7. The Morgan fingerprint density at radius 1 is 1.02 bits per heavy atom. The summed E-state index contributed by atoms with van der Waals surface area (Å²) in [5.41, 5.74) is 4.30. The molecule has 5 N–H and O–H groups in total. The standard InChI is InChI=1S/C33H44BFN4O8/c1-6-44-29(42)33(16-8-17-33)28(41)39-25(9-7-18-37-30(36)43)27(40)38-23-13-10-21(11-14-23)20-45-26-15-12-22(35)19-24(26)34-46-31(2,3)32(4,5)47-34/h10-15,19,25H,6-9,16-18,20H2,1-5H3,(H,38,40)(H,39,41)(H3,36,37,43)/t25-/m0/s1. The minimum Gasteiger partial charge on any atom is -0.489 e. The first-order chi connectivity index (χ1) is 22.2. The van der Waals surface area contributed by atoms with Gasteiger partial charge in [-0.15, -0.1) is 0 Å². The number of primary amides is 1. The molecule has 2 fully saturated rings. The summed E-state index contributed by atoms with van der Waals surface area (Å²) in [5.74, 6) is -1.67. The van der Waals surface area contributed by atoms with Crippen molar-refractivity contribution in [3.63, 3.8) is 0 Å². The van der Waals surface area contributed by atoms with Crippen molar-refractivity contribution in [2.24, 2.45) is 11.1 Å². The largest absolute Gasteiger partial charge is 0.498 e. The van der Waals surface area contributed by atoms with Gasteiger partial charge >= 0.3 is 19.1 Å². The molecule has 1 aliphatic heterocycles. The average molecular weight is 655 g/mol. The summed E-state index contributed by atoms with van der Waals surface area (Å²) in [5, 5.41) is 8.01. The quantitative estimate of drug-likeness (QED) is 0.104. The Bertz CT molecular complexity index is 1450. The predicted molar refractivity (Wildman–Crippen MR) is 173 cm³/mol. The highest BCUT2D eigenvalue weighted by Gasteiger charge is 2.53. The summed E-state index contributed by atoms with van der Waals surface area (Å²) >= 11 is 0. The van der Waals surface area contributed by atoms with Gasteiger partial charge in [0.2, 0.25) is 11.8 Å². The van der Waals surface area contributed by atoms with Crippen LogP contribution in [0.15, 0.2) is 42.5 Å². The van der Waals surface area contributed by atoms with Gasteiger partial charge < -0.3 is 40.5 Å². The van der Waals surface area contributed by atoms with E-state index in [0.717, 1.165) is 5.56 Å². The second-order valence-corrected chi connectivity index (χ2v) is 12.9. The highest BCUT2D eigenvalue weighted by atomic mass is 19.1. The SMILES string of the molecule is CCOC(=O)C1(C(=O)N[C@@H](CCCNC(N)=O)C(=O)Nc2ccc(COc3ccc(F)cc3B3OC(C)(C)C(C)(C)O3)cc2)CCC1. The molecule has 0 radical (unpaired) electrons. The lowest BCUT2D eigenvalue weighted by atomic mass is 9.68. The maximum Gasteiger partial charge on any atom is 0.498 e. The van der Waals surface area contributed by atoms with Gasteiger partial charge in [-0.2, -0.15) is 0 Å². The lowest BCUT2D eigenvalue weighted by Crippen LogP contribution is -2.56. The molecular formula is C33H44BFN4O8. The summed E-state index contributed by atoms with van der Waals surface area (Å²) in [6.45, 7) is 9.83. The van der Waals surface area contributed by atoms with E-state index >= 15 is 0 Å². The number of nitrogens with one attached hydrogen (secondary N) is 3. The van der Waals surface area contributed by atoms with E-state index < -0.39 is 59.4 Å². The average Bonchev–Trinajstić information content (AvgIpc) is 3.20. The monoisotopic (exact) mass is 654 g/mol. The van der Waals surface area contributed by atoms with Crippen molar-refractivity contribution < 1.29 is 42.4 Å². The summed E-state index contributed by atoms with van der Waals surface area (Å²) in [6.07, 6.45) is 1.92. The first-order valence-corrected chi connectivity index (χ1v) is 15.9. The molecule has 0 unspecified atom stereocenters. The van der Waals surface area contributed by atoms with Crippen LogP contribution >= 0.6 is 0 Å². The van der Waals surface area contributed by atoms with E-state index in [1.54, 1.807) is 31.2 Å². The number of esters is 1. The molecule has 12 nitrogen and oxygen atoms in total. The van der Waals surface area contributed by atoms with Gasteiger partial charge in [0.1, 0.15) is 29.6 Å². The van der Waals surface area contributed by atoms with Crippen molar-refractivity contribution in [3.8, 4) is 5.75 Å². The van der Waals surface area contributed by atoms with Crippen LogP contribution < -0.4 is 31.9 Å². The van der Waals surface area contributed by atoms with Crippen LogP contribution in [0.25, 0.3) is 0 Å². The van der Waals surface area contributed by atoms with Crippen molar-refractivity contribution in [1.29, 1.82) is 0 Å². The van der Waals surface area contributed by atoms with Crippen LogP contribution in [0.2, 0.25) is 0 Å². The Hall–Kier alpha value is -4.17. The molecule has 1 aliphatic carbocycles. The van der Waals surface area contributed by atoms with Gasteiger partial charge in [-0.25, -0.2) is 9.18 Å².